The SMILES string of the molecule is Cc1nc(-c2ccc(C(F)(F)F)cc2)oc1COc1ccc2ccccc2c1CC(=O)O. The number of hydrogen-bond donors (Lipinski definition) is 1. The molecule has 4 rings (SSSR count). The average molecular weight is 441 g/mol. The lowest BCUT2D eigenvalue weighted by Gasteiger charge is -2.12. The van der Waals surface area contributed by atoms with Crippen LogP contribution in [0, 0.1) is 6.92 Å². The summed E-state index contributed by atoms with van der Waals surface area (Å²) in [5.74, 6) is 0.0121. The van der Waals surface area contributed by atoms with Crippen LogP contribution in [0.2, 0.25) is 0 Å². The summed E-state index contributed by atoms with van der Waals surface area (Å²) in [6, 6.07) is 15.5. The normalized spacial score (nSPS) is 11.6. The van der Waals surface area contributed by atoms with Crippen molar-refractivity contribution in [1.29, 1.82) is 0 Å². The van der Waals surface area contributed by atoms with Gasteiger partial charge in [0.15, 0.2) is 5.76 Å². The minimum Gasteiger partial charge on any atom is -0.485 e. The molecular formula is C24H18F3NO4. The van der Waals surface area contributed by atoms with Crippen molar-refractivity contribution >= 4 is 16.7 Å². The molecule has 0 bridgehead atoms. The van der Waals surface area contributed by atoms with Crippen LogP contribution < -0.4 is 4.74 Å². The first-order valence-corrected chi connectivity index (χ1v) is 9.71. The van der Waals surface area contributed by atoms with E-state index in [0.717, 1.165) is 22.9 Å². The van der Waals surface area contributed by atoms with Gasteiger partial charge in [0.05, 0.1) is 17.7 Å². The van der Waals surface area contributed by atoms with Crippen LogP contribution in [-0.2, 0) is 24.0 Å². The highest BCUT2D eigenvalue weighted by molar-refractivity contribution is 5.90. The van der Waals surface area contributed by atoms with Gasteiger partial charge in [0.1, 0.15) is 12.4 Å². The predicted molar refractivity (Wildman–Crippen MR) is 111 cm³/mol. The highest BCUT2D eigenvalue weighted by atomic mass is 19.4. The number of benzene rings is 3. The summed E-state index contributed by atoms with van der Waals surface area (Å²) in [6.07, 6.45) is -4.62. The van der Waals surface area contributed by atoms with Crippen molar-refractivity contribution in [2.24, 2.45) is 0 Å². The molecule has 0 spiro atoms. The monoisotopic (exact) mass is 441 g/mol. The molecule has 3 aromatic carbocycles. The van der Waals surface area contributed by atoms with Crippen LogP contribution in [0.5, 0.6) is 5.75 Å². The van der Waals surface area contributed by atoms with E-state index in [9.17, 15) is 23.1 Å². The van der Waals surface area contributed by atoms with E-state index in [1.54, 1.807) is 13.0 Å². The number of carbonyl (C=O) groups is 1. The maximum Gasteiger partial charge on any atom is 0.416 e. The van der Waals surface area contributed by atoms with E-state index in [2.05, 4.69) is 4.98 Å². The number of carboxylic acid groups (broad SMARTS) is 1. The number of aromatic nitrogens is 1. The van der Waals surface area contributed by atoms with Gasteiger partial charge < -0.3 is 14.3 Å². The fraction of sp³-hybridized carbons (Fsp3) is 0.167. The van der Waals surface area contributed by atoms with Gasteiger partial charge in [-0.3, -0.25) is 4.79 Å². The summed E-state index contributed by atoms with van der Waals surface area (Å²) in [6.45, 7) is 1.69. The molecule has 0 aliphatic rings. The topological polar surface area (TPSA) is 72.6 Å². The lowest BCUT2D eigenvalue weighted by molar-refractivity contribution is -0.138. The molecule has 0 unspecified atom stereocenters. The van der Waals surface area contributed by atoms with E-state index in [1.807, 2.05) is 30.3 Å². The van der Waals surface area contributed by atoms with E-state index in [1.165, 1.54) is 12.1 Å². The van der Waals surface area contributed by atoms with Crippen molar-refractivity contribution in [1.82, 2.24) is 4.98 Å². The predicted octanol–water partition coefficient (Wildman–Crippen LogP) is 6.03. The molecule has 0 amide bonds. The number of aryl methyl sites for hydroxylation is 1. The zero-order valence-electron chi connectivity index (χ0n) is 16.9. The summed E-state index contributed by atoms with van der Waals surface area (Å²) in [5, 5.41) is 11.0. The number of oxazole rings is 1. The highest BCUT2D eigenvalue weighted by Crippen LogP contribution is 2.32. The molecule has 0 radical (unpaired) electrons. The minimum atomic E-state index is -4.42. The number of aliphatic carboxylic acids is 1. The Balaban J connectivity index is 1.58. The van der Waals surface area contributed by atoms with Crippen molar-refractivity contribution < 1.29 is 32.2 Å². The van der Waals surface area contributed by atoms with Crippen molar-refractivity contribution in [2.45, 2.75) is 26.1 Å². The van der Waals surface area contributed by atoms with Crippen LogP contribution in [0.1, 0.15) is 22.6 Å². The quantitative estimate of drug-likeness (QED) is 0.396. The molecule has 0 aliphatic heterocycles. The van der Waals surface area contributed by atoms with Crippen LogP contribution in [-0.4, -0.2) is 16.1 Å². The lowest BCUT2D eigenvalue weighted by atomic mass is 10.0. The third-order valence-corrected chi connectivity index (χ3v) is 5.04. The third kappa shape index (κ3) is 4.44. The first-order valence-electron chi connectivity index (χ1n) is 9.71. The number of halogens is 3. The smallest absolute Gasteiger partial charge is 0.416 e. The Morgan fingerprint density at radius 2 is 1.78 bits per heavy atom. The van der Waals surface area contributed by atoms with Crippen molar-refractivity contribution in [3.05, 3.63) is 83.2 Å². The third-order valence-electron chi connectivity index (χ3n) is 5.04. The Bertz CT molecular complexity index is 1280. The number of ether oxygens (including phenoxy) is 1. The molecule has 0 atom stereocenters. The summed E-state index contributed by atoms with van der Waals surface area (Å²) >= 11 is 0. The maximum absolute atomic E-state index is 12.8. The van der Waals surface area contributed by atoms with E-state index in [-0.39, 0.29) is 18.9 Å². The number of hydrogen-bond acceptors (Lipinski definition) is 4. The van der Waals surface area contributed by atoms with Gasteiger partial charge in [0.2, 0.25) is 5.89 Å². The van der Waals surface area contributed by atoms with Gasteiger partial charge in [0, 0.05) is 11.1 Å². The van der Waals surface area contributed by atoms with Gasteiger partial charge in [-0.1, -0.05) is 30.3 Å². The number of alkyl halides is 3. The molecule has 0 aliphatic carbocycles. The zero-order chi connectivity index (χ0) is 22.9. The van der Waals surface area contributed by atoms with Crippen LogP contribution in [0.25, 0.3) is 22.2 Å². The summed E-state index contributed by atoms with van der Waals surface area (Å²) in [4.78, 5) is 15.7. The van der Waals surface area contributed by atoms with Gasteiger partial charge >= 0.3 is 12.1 Å². The van der Waals surface area contributed by atoms with Crippen molar-refractivity contribution in [3.8, 4) is 17.2 Å². The maximum atomic E-state index is 12.8. The molecule has 8 heteroatoms. The van der Waals surface area contributed by atoms with Crippen LogP contribution >= 0.6 is 0 Å². The standard InChI is InChI=1S/C24H18F3NO4/c1-14-21(32-23(28-14)16-6-9-17(10-7-16)24(25,26)27)13-31-20-11-8-15-4-2-3-5-18(15)19(20)12-22(29)30/h2-11H,12-13H2,1H3,(H,29,30). The molecule has 4 aromatic rings. The summed E-state index contributed by atoms with van der Waals surface area (Å²) in [5.41, 5.74) is 0.733. The van der Waals surface area contributed by atoms with Crippen molar-refractivity contribution in [2.75, 3.05) is 0 Å². The minimum absolute atomic E-state index is 0.00950. The van der Waals surface area contributed by atoms with Crippen molar-refractivity contribution in [3.63, 3.8) is 0 Å². The lowest BCUT2D eigenvalue weighted by Crippen LogP contribution is -2.05. The molecule has 1 N–H and O–H groups in total. The summed E-state index contributed by atoms with van der Waals surface area (Å²) < 4.78 is 49.9. The molecule has 164 valence electrons. The Kier molecular flexibility index (Phi) is 5.61. The first kappa shape index (κ1) is 21.4. The second-order valence-electron chi connectivity index (χ2n) is 7.23. The number of nitrogens with zero attached hydrogens (tertiary/aromatic N) is 1. The molecule has 5 nitrogen and oxygen atoms in total. The van der Waals surface area contributed by atoms with E-state index < -0.39 is 17.7 Å². The second kappa shape index (κ2) is 8.37. The fourth-order valence-electron chi connectivity index (χ4n) is 3.42. The van der Waals surface area contributed by atoms with Gasteiger partial charge in [-0.25, -0.2) is 4.98 Å². The zero-order valence-corrected chi connectivity index (χ0v) is 16.9. The van der Waals surface area contributed by atoms with Crippen LogP contribution in [0.15, 0.2) is 65.1 Å². The largest absolute Gasteiger partial charge is 0.485 e. The molecule has 1 heterocycles. The fourth-order valence-corrected chi connectivity index (χ4v) is 3.42. The van der Waals surface area contributed by atoms with Gasteiger partial charge in [-0.2, -0.15) is 13.2 Å². The van der Waals surface area contributed by atoms with Gasteiger partial charge in [-0.15, -0.1) is 0 Å². The molecule has 0 saturated heterocycles. The van der Waals surface area contributed by atoms with Crippen LogP contribution in [0.4, 0.5) is 13.2 Å². The number of fused-ring (bicyclic) bond motifs is 1. The second-order valence-corrected chi connectivity index (χ2v) is 7.23. The molecular weight excluding hydrogens is 423 g/mol. The number of rotatable bonds is 6. The average Bonchev–Trinajstić information content (AvgIpc) is 3.13. The molecule has 32 heavy (non-hydrogen) atoms. The molecule has 1 aromatic heterocycles. The van der Waals surface area contributed by atoms with Gasteiger partial charge in [-0.05, 0) is 48.0 Å². The number of carboxylic acids is 1. The van der Waals surface area contributed by atoms with E-state index in [4.69, 9.17) is 9.15 Å². The summed E-state index contributed by atoms with van der Waals surface area (Å²) in [7, 11) is 0. The van der Waals surface area contributed by atoms with Crippen LogP contribution in [0.3, 0.4) is 0 Å². The van der Waals surface area contributed by atoms with Gasteiger partial charge in [0.25, 0.3) is 0 Å². The van der Waals surface area contributed by atoms with E-state index in [0.29, 0.717) is 28.3 Å². The molecule has 0 saturated carbocycles. The Morgan fingerprint density at radius 3 is 2.47 bits per heavy atom. The Morgan fingerprint density at radius 1 is 1.06 bits per heavy atom. The highest BCUT2D eigenvalue weighted by Gasteiger charge is 2.30. The first-order chi connectivity index (χ1) is 15.2. The Hall–Kier alpha value is -3.81. The molecule has 0 fully saturated rings. The van der Waals surface area contributed by atoms with E-state index >= 15 is 0 Å². The Labute approximate surface area is 181 Å².